The van der Waals surface area contributed by atoms with Crippen LogP contribution in [0.2, 0.25) is 0 Å². The van der Waals surface area contributed by atoms with Gasteiger partial charge in [-0.3, -0.25) is 9.36 Å². The van der Waals surface area contributed by atoms with Crippen LogP contribution in [-0.4, -0.2) is 50.2 Å². The molecule has 7 heteroatoms. The van der Waals surface area contributed by atoms with Crippen molar-refractivity contribution < 1.29 is 4.79 Å². The lowest BCUT2D eigenvalue weighted by atomic mass is 9.94. The molecule has 0 bridgehead atoms. The molecule has 5 rings (SSSR count). The molecule has 0 saturated carbocycles. The van der Waals surface area contributed by atoms with Crippen LogP contribution in [0.15, 0.2) is 55.1 Å². The normalized spacial score (nSPS) is 19.1. The number of hydrogen-bond acceptors (Lipinski definition) is 5. The van der Waals surface area contributed by atoms with E-state index in [1.165, 1.54) is 11.1 Å². The van der Waals surface area contributed by atoms with E-state index < -0.39 is 0 Å². The fourth-order valence-corrected chi connectivity index (χ4v) is 4.35. The van der Waals surface area contributed by atoms with Gasteiger partial charge >= 0.3 is 0 Å². The van der Waals surface area contributed by atoms with Crippen molar-refractivity contribution >= 4 is 11.7 Å². The SMILES string of the molecule is O=C([C@H]1CCCN(c2ccc(-n3ccnc3)nn2)C1)N1CCc2ccccc2C1. The Morgan fingerprint density at radius 3 is 2.62 bits per heavy atom. The lowest BCUT2D eigenvalue weighted by molar-refractivity contribution is -0.136. The topological polar surface area (TPSA) is 67.2 Å². The van der Waals surface area contributed by atoms with E-state index in [1.807, 2.05) is 27.8 Å². The Balaban J connectivity index is 1.26. The molecule has 7 nitrogen and oxygen atoms in total. The standard InChI is InChI=1S/C22H24N6O/c29-22(27-12-9-17-4-1-2-5-18(17)14-27)19-6-3-11-26(15-19)20-7-8-21(25-24-20)28-13-10-23-16-28/h1-2,4-5,7-8,10,13,16,19H,3,6,9,11-12,14-15H2/t19-/m0/s1. The molecule has 4 heterocycles. The van der Waals surface area contributed by atoms with Crippen LogP contribution in [0.3, 0.4) is 0 Å². The minimum Gasteiger partial charge on any atom is -0.354 e. The third kappa shape index (κ3) is 3.60. The van der Waals surface area contributed by atoms with Crippen molar-refractivity contribution in [2.75, 3.05) is 24.5 Å². The average Bonchev–Trinajstić information content (AvgIpc) is 3.33. The number of fused-ring (bicyclic) bond motifs is 1. The van der Waals surface area contributed by atoms with Crippen LogP contribution in [0.5, 0.6) is 0 Å². The van der Waals surface area contributed by atoms with Crippen molar-refractivity contribution in [1.29, 1.82) is 0 Å². The predicted molar refractivity (Wildman–Crippen MR) is 110 cm³/mol. The zero-order valence-corrected chi connectivity index (χ0v) is 16.3. The number of imidazole rings is 1. The second-order valence-corrected chi connectivity index (χ2v) is 7.78. The van der Waals surface area contributed by atoms with Crippen LogP contribution in [-0.2, 0) is 17.8 Å². The number of amides is 1. The molecule has 0 aliphatic carbocycles. The molecule has 1 atom stereocenters. The first-order chi connectivity index (χ1) is 14.3. The van der Waals surface area contributed by atoms with Crippen molar-refractivity contribution in [3.05, 3.63) is 66.2 Å². The highest BCUT2D eigenvalue weighted by molar-refractivity contribution is 5.80. The molecule has 0 unspecified atom stereocenters. The molecule has 2 aromatic heterocycles. The Kier molecular flexibility index (Phi) is 4.71. The molecule has 29 heavy (non-hydrogen) atoms. The summed E-state index contributed by atoms with van der Waals surface area (Å²) in [4.78, 5) is 21.5. The summed E-state index contributed by atoms with van der Waals surface area (Å²) in [5.41, 5.74) is 2.65. The first-order valence-corrected chi connectivity index (χ1v) is 10.2. The average molecular weight is 388 g/mol. The summed E-state index contributed by atoms with van der Waals surface area (Å²) < 4.78 is 1.83. The molecule has 1 aromatic carbocycles. The molecule has 0 spiro atoms. The lowest BCUT2D eigenvalue weighted by Gasteiger charge is -2.37. The minimum atomic E-state index is 0.0177. The maximum absolute atomic E-state index is 13.2. The number of benzene rings is 1. The van der Waals surface area contributed by atoms with E-state index in [2.05, 4.69) is 44.3 Å². The van der Waals surface area contributed by atoms with E-state index in [4.69, 9.17) is 0 Å². The second kappa shape index (κ2) is 7.66. The van der Waals surface area contributed by atoms with Crippen LogP contribution in [0.25, 0.3) is 5.82 Å². The smallest absolute Gasteiger partial charge is 0.227 e. The Hall–Kier alpha value is -3.22. The zero-order chi connectivity index (χ0) is 19.6. The molecule has 2 aliphatic heterocycles. The van der Waals surface area contributed by atoms with Crippen LogP contribution in [0.4, 0.5) is 5.82 Å². The van der Waals surface area contributed by atoms with Crippen molar-refractivity contribution in [3.8, 4) is 5.82 Å². The van der Waals surface area contributed by atoms with E-state index >= 15 is 0 Å². The zero-order valence-electron chi connectivity index (χ0n) is 16.3. The highest BCUT2D eigenvalue weighted by atomic mass is 16.2. The van der Waals surface area contributed by atoms with Crippen molar-refractivity contribution in [1.82, 2.24) is 24.6 Å². The fourth-order valence-electron chi connectivity index (χ4n) is 4.35. The number of hydrogen-bond donors (Lipinski definition) is 0. The molecule has 0 N–H and O–H groups in total. The van der Waals surface area contributed by atoms with Crippen molar-refractivity contribution in [2.45, 2.75) is 25.8 Å². The van der Waals surface area contributed by atoms with Gasteiger partial charge in [-0.05, 0) is 42.5 Å². The summed E-state index contributed by atoms with van der Waals surface area (Å²) in [6.07, 6.45) is 8.14. The molecule has 3 aromatic rings. The van der Waals surface area contributed by atoms with Gasteiger partial charge in [0.2, 0.25) is 5.91 Å². The maximum atomic E-state index is 13.2. The minimum absolute atomic E-state index is 0.0177. The van der Waals surface area contributed by atoms with Gasteiger partial charge in [-0.1, -0.05) is 24.3 Å². The molecular weight excluding hydrogens is 364 g/mol. The molecule has 0 radical (unpaired) electrons. The van der Waals surface area contributed by atoms with E-state index in [-0.39, 0.29) is 11.8 Å². The summed E-state index contributed by atoms with van der Waals surface area (Å²) in [7, 11) is 0. The van der Waals surface area contributed by atoms with Gasteiger partial charge in [-0.25, -0.2) is 4.98 Å². The lowest BCUT2D eigenvalue weighted by Crippen LogP contribution is -2.46. The largest absolute Gasteiger partial charge is 0.354 e. The van der Waals surface area contributed by atoms with Gasteiger partial charge in [0.15, 0.2) is 11.6 Å². The summed E-state index contributed by atoms with van der Waals surface area (Å²) in [5, 5.41) is 8.71. The summed E-state index contributed by atoms with van der Waals surface area (Å²) >= 11 is 0. The highest BCUT2D eigenvalue weighted by Gasteiger charge is 2.31. The Morgan fingerprint density at radius 2 is 1.83 bits per heavy atom. The number of carbonyl (C=O) groups excluding carboxylic acids is 1. The first kappa shape index (κ1) is 17.8. The quantitative estimate of drug-likeness (QED) is 0.690. The van der Waals surface area contributed by atoms with Gasteiger partial charge in [0.1, 0.15) is 6.33 Å². The fraction of sp³-hybridized carbons (Fsp3) is 0.364. The van der Waals surface area contributed by atoms with Crippen LogP contribution in [0, 0.1) is 5.92 Å². The molecule has 1 saturated heterocycles. The first-order valence-electron chi connectivity index (χ1n) is 10.2. The summed E-state index contributed by atoms with van der Waals surface area (Å²) in [6.45, 7) is 3.15. The number of carbonyl (C=O) groups is 1. The second-order valence-electron chi connectivity index (χ2n) is 7.78. The molecule has 1 amide bonds. The highest BCUT2D eigenvalue weighted by Crippen LogP contribution is 2.26. The predicted octanol–water partition coefficient (Wildman–Crippen LogP) is 2.46. The number of nitrogens with zero attached hydrogens (tertiary/aromatic N) is 6. The number of aromatic nitrogens is 4. The maximum Gasteiger partial charge on any atom is 0.227 e. The van der Waals surface area contributed by atoms with Crippen LogP contribution in [0.1, 0.15) is 24.0 Å². The van der Waals surface area contributed by atoms with Crippen molar-refractivity contribution in [3.63, 3.8) is 0 Å². The van der Waals surface area contributed by atoms with E-state index in [9.17, 15) is 4.79 Å². The van der Waals surface area contributed by atoms with E-state index in [1.54, 1.807) is 12.5 Å². The van der Waals surface area contributed by atoms with Gasteiger partial charge in [0.05, 0.1) is 5.92 Å². The van der Waals surface area contributed by atoms with Gasteiger partial charge in [-0.2, -0.15) is 0 Å². The van der Waals surface area contributed by atoms with Gasteiger partial charge in [-0.15, -0.1) is 10.2 Å². The van der Waals surface area contributed by atoms with Gasteiger partial charge < -0.3 is 9.80 Å². The molecule has 2 aliphatic rings. The van der Waals surface area contributed by atoms with Gasteiger partial charge in [0.25, 0.3) is 0 Å². The third-order valence-corrected chi connectivity index (χ3v) is 5.94. The molecule has 1 fully saturated rings. The number of anilines is 1. The number of rotatable bonds is 3. The monoisotopic (exact) mass is 388 g/mol. The van der Waals surface area contributed by atoms with E-state index in [0.29, 0.717) is 6.54 Å². The Morgan fingerprint density at radius 1 is 1.00 bits per heavy atom. The Bertz CT molecular complexity index is 985. The molecule has 148 valence electrons. The Labute approximate surface area is 170 Å². The van der Waals surface area contributed by atoms with Crippen molar-refractivity contribution in [2.24, 2.45) is 5.92 Å². The van der Waals surface area contributed by atoms with Crippen LogP contribution >= 0.6 is 0 Å². The van der Waals surface area contributed by atoms with E-state index in [0.717, 1.165) is 50.5 Å². The molecular formula is C22H24N6O. The number of piperidine rings is 1. The summed E-state index contributed by atoms with van der Waals surface area (Å²) in [6, 6.07) is 12.4. The third-order valence-electron chi connectivity index (χ3n) is 5.94. The summed E-state index contributed by atoms with van der Waals surface area (Å²) in [5.74, 6) is 1.86. The van der Waals surface area contributed by atoms with Crippen LogP contribution < -0.4 is 4.90 Å². The van der Waals surface area contributed by atoms with Gasteiger partial charge in [0, 0.05) is 38.6 Å².